The smallest absolute Gasteiger partial charge is 0.387 e. The first-order valence-electron chi connectivity index (χ1n) is 6.44. The van der Waals surface area contributed by atoms with E-state index < -0.39 is 6.61 Å². The lowest BCUT2D eigenvalue weighted by atomic mass is 10.3. The summed E-state index contributed by atoms with van der Waals surface area (Å²) in [5.74, 6) is -0.0227. The monoisotopic (exact) mass is 374 g/mol. The van der Waals surface area contributed by atoms with E-state index in [1.807, 2.05) is 0 Å². The van der Waals surface area contributed by atoms with Gasteiger partial charge in [0.05, 0.1) is 10.8 Å². The third kappa shape index (κ3) is 3.74. The summed E-state index contributed by atoms with van der Waals surface area (Å²) >= 11 is 6.97. The van der Waals surface area contributed by atoms with Crippen molar-refractivity contribution in [2.24, 2.45) is 0 Å². The third-order valence-corrected chi connectivity index (χ3v) is 3.97. The van der Waals surface area contributed by atoms with Crippen molar-refractivity contribution >= 4 is 40.7 Å². The second kappa shape index (κ2) is 7.01. The van der Waals surface area contributed by atoms with Gasteiger partial charge >= 0.3 is 6.61 Å². The molecule has 0 fully saturated rings. The Labute approximate surface area is 142 Å². The van der Waals surface area contributed by atoms with Gasteiger partial charge in [-0.05, 0) is 18.2 Å². The molecule has 0 unspecified atom stereocenters. The minimum atomic E-state index is -2.97. The number of aromatic amines is 1. The number of thioether (sulfide) groups is 1. The van der Waals surface area contributed by atoms with Crippen LogP contribution in [-0.4, -0.2) is 43.1 Å². The van der Waals surface area contributed by atoms with Gasteiger partial charge in [0.1, 0.15) is 12.1 Å². The van der Waals surface area contributed by atoms with Crippen molar-refractivity contribution in [2.75, 3.05) is 11.1 Å². The first-order valence-corrected chi connectivity index (χ1v) is 7.81. The van der Waals surface area contributed by atoms with Gasteiger partial charge in [-0.15, -0.1) is 10.2 Å². The van der Waals surface area contributed by atoms with Crippen LogP contribution in [0, 0.1) is 0 Å². The van der Waals surface area contributed by atoms with Crippen LogP contribution in [0.5, 0.6) is 5.75 Å². The van der Waals surface area contributed by atoms with E-state index in [9.17, 15) is 13.6 Å². The third-order valence-electron chi connectivity index (χ3n) is 2.75. The fourth-order valence-corrected chi connectivity index (χ4v) is 2.71. The second-order valence-corrected chi connectivity index (χ2v) is 5.72. The molecule has 3 aromatic rings. The van der Waals surface area contributed by atoms with Gasteiger partial charge in [0.2, 0.25) is 11.1 Å². The number of carbonyl (C=O) groups is 1. The number of anilines is 1. The molecule has 0 aliphatic carbocycles. The van der Waals surface area contributed by atoms with Crippen molar-refractivity contribution in [3.8, 4) is 5.75 Å². The standard InChI is InChI=1S/C12H9ClF2N6O2S/c13-7-3-6(1-2-8(7)23-10(14)15)18-9(22)4-24-12-20-19-11-16-5-17-21(11)12/h1-3,5,10H,4H2,(H,18,22)(H,16,17,19). The number of carbonyl (C=O) groups excluding carboxylic acids is 1. The first kappa shape index (κ1) is 16.5. The molecule has 0 radical (unpaired) electrons. The van der Waals surface area contributed by atoms with Crippen LogP contribution >= 0.6 is 23.4 Å². The summed E-state index contributed by atoms with van der Waals surface area (Å²) in [5, 5.41) is 13.5. The van der Waals surface area contributed by atoms with E-state index in [1.165, 1.54) is 29.0 Å². The first-order chi connectivity index (χ1) is 11.5. The molecular weight excluding hydrogens is 366 g/mol. The van der Waals surface area contributed by atoms with Crippen LogP contribution in [-0.2, 0) is 4.79 Å². The average Bonchev–Trinajstić information content (AvgIpc) is 3.11. The molecule has 0 atom stereocenters. The van der Waals surface area contributed by atoms with Crippen LogP contribution in [0.15, 0.2) is 29.7 Å². The maximum absolute atomic E-state index is 12.2. The molecule has 2 N–H and O–H groups in total. The molecule has 0 aliphatic heterocycles. The highest BCUT2D eigenvalue weighted by Crippen LogP contribution is 2.29. The molecule has 0 bridgehead atoms. The molecule has 0 saturated heterocycles. The summed E-state index contributed by atoms with van der Waals surface area (Å²) in [6, 6.07) is 3.99. The Hall–Kier alpha value is -2.40. The van der Waals surface area contributed by atoms with Crippen molar-refractivity contribution in [2.45, 2.75) is 11.8 Å². The molecule has 0 saturated carbocycles. The van der Waals surface area contributed by atoms with Crippen molar-refractivity contribution in [1.82, 2.24) is 24.8 Å². The topological polar surface area (TPSA) is 97.2 Å². The maximum atomic E-state index is 12.2. The zero-order chi connectivity index (χ0) is 17.1. The van der Waals surface area contributed by atoms with Crippen LogP contribution in [0.25, 0.3) is 5.78 Å². The Morgan fingerprint density at radius 2 is 2.29 bits per heavy atom. The van der Waals surface area contributed by atoms with Crippen LogP contribution in [0.1, 0.15) is 0 Å². The fourth-order valence-electron chi connectivity index (χ4n) is 1.79. The normalized spacial score (nSPS) is 11.2. The molecule has 3 rings (SSSR count). The van der Waals surface area contributed by atoms with Gasteiger partial charge in [-0.1, -0.05) is 23.4 Å². The quantitative estimate of drug-likeness (QED) is 0.643. The molecule has 24 heavy (non-hydrogen) atoms. The van der Waals surface area contributed by atoms with Crippen molar-refractivity contribution < 1.29 is 18.3 Å². The Balaban J connectivity index is 1.58. The number of aromatic nitrogens is 5. The van der Waals surface area contributed by atoms with E-state index in [2.05, 4.69) is 30.3 Å². The number of halogens is 3. The lowest BCUT2D eigenvalue weighted by Gasteiger charge is -2.09. The molecule has 8 nitrogen and oxygen atoms in total. The maximum Gasteiger partial charge on any atom is 0.387 e. The average molecular weight is 375 g/mol. The number of ether oxygens (including phenoxy) is 1. The van der Waals surface area contributed by atoms with Gasteiger partial charge in [0.15, 0.2) is 0 Å². The highest BCUT2D eigenvalue weighted by Gasteiger charge is 2.12. The van der Waals surface area contributed by atoms with E-state index in [0.29, 0.717) is 16.6 Å². The number of hydrogen-bond donors (Lipinski definition) is 2. The van der Waals surface area contributed by atoms with E-state index in [4.69, 9.17) is 11.6 Å². The highest BCUT2D eigenvalue weighted by molar-refractivity contribution is 7.99. The lowest BCUT2D eigenvalue weighted by Crippen LogP contribution is -2.14. The number of nitrogens with zero attached hydrogens (tertiary/aromatic N) is 4. The Morgan fingerprint density at radius 1 is 1.46 bits per heavy atom. The van der Waals surface area contributed by atoms with Crippen molar-refractivity contribution in [1.29, 1.82) is 0 Å². The van der Waals surface area contributed by atoms with Crippen LogP contribution in [0.4, 0.5) is 14.5 Å². The molecule has 1 amide bonds. The highest BCUT2D eigenvalue weighted by atomic mass is 35.5. The fraction of sp³-hybridized carbons (Fsp3) is 0.167. The summed E-state index contributed by atoms with van der Waals surface area (Å²) in [5.41, 5.74) is 0.361. The summed E-state index contributed by atoms with van der Waals surface area (Å²) < 4.78 is 30.1. The lowest BCUT2D eigenvalue weighted by molar-refractivity contribution is -0.113. The number of benzene rings is 1. The zero-order valence-corrected chi connectivity index (χ0v) is 13.3. The molecule has 0 spiro atoms. The van der Waals surface area contributed by atoms with Crippen LogP contribution < -0.4 is 10.1 Å². The Bertz CT molecular complexity index is 870. The summed E-state index contributed by atoms with van der Waals surface area (Å²) in [6.45, 7) is -2.97. The van der Waals surface area contributed by atoms with Crippen LogP contribution in [0.2, 0.25) is 5.02 Å². The van der Waals surface area contributed by atoms with Gasteiger partial charge in [0.25, 0.3) is 5.78 Å². The Kier molecular flexibility index (Phi) is 4.81. The number of nitrogens with one attached hydrogen (secondary N) is 2. The molecule has 2 aromatic heterocycles. The van der Waals surface area contributed by atoms with E-state index in [-0.39, 0.29) is 22.4 Å². The molecule has 2 heterocycles. The number of hydrogen-bond acceptors (Lipinski definition) is 6. The van der Waals surface area contributed by atoms with E-state index >= 15 is 0 Å². The van der Waals surface area contributed by atoms with Gasteiger partial charge in [-0.2, -0.15) is 18.3 Å². The number of rotatable bonds is 6. The minimum Gasteiger partial charge on any atom is -0.433 e. The van der Waals surface area contributed by atoms with Crippen molar-refractivity contribution in [3.05, 3.63) is 29.5 Å². The Morgan fingerprint density at radius 3 is 3.04 bits per heavy atom. The number of fused-ring (bicyclic) bond motifs is 1. The van der Waals surface area contributed by atoms with Gasteiger partial charge < -0.3 is 10.1 Å². The molecule has 126 valence electrons. The predicted octanol–water partition coefficient (Wildman–Crippen LogP) is 2.44. The molecule has 0 aliphatic rings. The predicted molar refractivity (Wildman–Crippen MR) is 82.6 cm³/mol. The molecule has 1 aromatic carbocycles. The van der Waals surface area contributed by atoms with Gasteiger partial charge in [-0.3, -0.25) is 9.89 Å². The summed E-state index contributed by atoms with van der Waals surface area (Å²) in [6.07, 6.45) is 1.46. The molecular formula is C12H9ClF2N6O2S. The SMILES string of the molecule is O=C(CSc1nnc2nc[nH]n12)Nc1ccc(OC(F)F)c(Cl)c1. The van der Waals surface area contributed by atoms with Crippen molar-refractivity contribution in [3.63, 3.8) is 0 Å². The van der Waals surface area contributed by atoms with Gasteiger partial charge in [-0.25, -0.2) is 0 Å². The number of amides is 1. The van der Waals surface area contributed by atoms with E-state index in [1.54, 1.807) is 0 Å². The summed E-state index contributed by atoms with van der Waals surface area (Å²) in [7, 11) is 0. The summed E-state index contributed by atoms with van der Waals surface area (Å²) in [4.78, 5) is 15.9. The second-order valence-electron chi connectivity index (χ2n) is 4.37. The largest absolute Gasteiger partial charge is 0.433 e. The number of alkyl halides is 2. The molecule has 12 heteroatoms. The van der Waals surface area contributed by atoms with Crippen LogP contribution in [0.3, 0.4) is 0 Å². The van der Waals surface area contributed by atoms with E-state index in [0.717, 1.165) is 11.8 Å². The van der Waals surface area contributed by atoms with Gasteiger partial charge in [0, 0.05) is 5.69 Å². The zero-order valence-electron chi connectivity index (χ0n) is 11.7. The number of H-pyrrole nitrogens is 1. The minimum absolute atomic E-state index is 0.0302.